The van der Waals surface area contributed by atoms with Crippen LogP contribution in [0.5, 0.6) is 0 Å². The van der Waals surface area contributed by atoms with Gasteiger partial charge in [0, 0.05) is 18.7 Å². The van der Waals surface area contributed by atoms with Crippen LogP contribution in [0, 0.1) is 11.8 Å². The number of nitrogens with one attached hydrogen (secondary N) is 2. The number of rotatable bonds is 10. The first-order chi connectivity index (χ1) is 15.8. The van der Waals surface area contributed by atoms with E-state index >= 15 is 0 Å². The number of hydrogen-bond acceptors (Lipinski definition) is 8. The average molecular weight is 457 g/mol. The first-order valence-corrected chi connectivity index (χ1v) is 10.7. The van der Waals surface area contributed by atoms with Crippen molar-refractivity contribution in [3.05, 3.63) is 34.7 Å². The van der Waals surface area contributed by atoms with Gasteiger partial charge in [-0.3, -0.25) is 29.7 Å². The number of ether oxygens (including phenoxy) is 2. The van der Waals surface area contributed by atoms with Gasteiger partial charge in [0.15, 0.2) is 17.0 Å². The molecule has 0 aliphatic carbocycles. The van der Waals surface area contributed by atoms with Crippen LogP contribution in [-0.2, 0) is 25.6 Å². The van der Waals surface area contributed by atoms with Gasteiger partial charge in [-0.15, -0.1) is 0 Å². The Balaban J connectivity index is 1.84. The maximum atomic E-state index is 12.7. The second-order valence-electron chi connectivity index (χ2n) is 7.97. The molecule has 3 aromatic heterocycles. The monoisotopic (exact) mass is 456 g/mol. The minimum atomic E-state index is -0.475. The van der Waals surface area contributed by atoms with E-state index in [9.17, 15) is 14.4 Å². The third-order valence-electron chi connectivity index (χ3n) is 4.67. The van der Waals surface area contributed by atoms with E-state index in [2.05, 4.69) is 25.3 Å². The summed E-state index contributed by atoms with van der Waals surface area (Å²) in [7, 11) is 0. The maximum absolute atomic E-state index is 12.7. The number of pyridine rings is 1. The zero-order valence-electron chi connectivity index (χ0n) is 19.1. The van der Waals surface area contributed by atoms with Gasteiger partial charge in [0.05, 0.1) is 19.1 Å². The highest BCUT2D eigenvalue weighted by Gasteiger charge is 2.19. The van der Waals surface area contributed by atoms with Crippen LogP contribution >= 0.6 is 0 Å². The third kappa shape index (κ3) is 6.01. The molecule has 3 aromatic rings. The van der Waals surface area contributed by atoms with Crippen molar-refractivity contribution in [3.63, 3.8) is 0 Å². The molecule has 0 spiro atoms. The Kier molecular flexibility index (Phi) is 7.88. The fourth-order valence-corrected chi connectivity index (χ4v) is 2.86. The van der Waals surface area contributed by atoms with E-state index in [0.29, 0.717) is 23.7 Å². The second kappa shape index (κ2) is 10.8. The molecular weight excluding hydrogens is 428 g/mol. The average Bonchev–Trinajstić information content (AvgIpc) is 3.15. The molecule has 0 aliphatic heterocycles. The van der Waals surface area contributed by atoms with Crippen LogP contribution in [0.25, 0.3) is 22.7 Å². The number of imidazole rings is 1. The molecule has 176 valence electrons. The van der Waals surface area contributed by atoms with Crippen LogP contribution in [-0.4, -0.2) is 56.2 Å². The Hall–Kier alpha value is -3.60. The number of nitrogens with zero attached hydrogens (tertiary/aromatic N) is 4. The number of aromatic amines is 1. The minimum Gasteiger partial charge on any atom is -0.463 e. The lowest BCUT2D eigenvalue weighted by molar-refractivity contribution is -0.148. The number of carbonyl (C=O) groups is 2. The lowest BCUT2D eigenvalue weighted by atomic mass is 10.2. The molecule has 3 rings (SSSR count). The van der Waals surface area contributed by atoms with E-state index in [4.69, 9.17) is 9.47 Å². The van der Waals surface area contributed by atoms with Gasteiger partial charge in [-0.2, -0.15) is 4.98 Å². The number of esters is 1. The van der Waals surface area contributed by atoms with Crippen LogP contribution in [0.1, 0.15) is 27.7 Å². The smallest absolute Gasteiger partial charge is 0.308 e. The predicted molar refractivity (Wildman–Crippen MR) is 121 cm³/mol. The molecule has 3 heterocycles. The fraction of sp³-hybridized carbons (Fsp3) is 0.455. The van der Waals surface area contributed by atoms with Gasteiger partial charge in [-0.05, 0) is 12.1 Å². The predicted octanol–water partition coefficient (Wildman–Crippen LogP) is 1.99. The summed E-state index contributed by atoms with van der Waals surface area (Å²) in [6, 6.07) is 5.37. The van der Waals surface area contributed by atoms with Crippen molar-refractivity contribution in [3.8, 4) is 11.5 Å². The summed E-state index contributed by atoms with van der Waals surface area (Å²) < 4.78 is 12.4. The summed E-state index contributed by atoms with van der Waals surface area (Å²) in [6.45, 7) is 7.96. The van der Waals surface area contributed by atoms with E-state index in [1.54, 1.807) is 50.6 Å². The lowest BCUT2D eigenvalue weighted by Gasteiger charge is -2.11. The largest absolute Gasteiger partial charge is 0.463 e. The van der Waals surface area contributed by atoms with Crippen LogP contribution in [0.4, 0.5) is 5.95 Å². The molecule has 0 aliphatic rings. The Morgan fingerprint density at radius 2 is 1.88 bits per heavy atom. The molecule has 2 N–H and O–H groups in total. The Labute approximate surface area is 190 Å². The topological polar surface area (TPSA) is 141 Å². The SMILES string of the molecule is CC(C)C(=O)Nc1nc2c(nc(-c3ccccn3)n2CCOCCOC(=O)C(C)C)c(=O)[nH]1. The van der Waals surface area contributed by atoms with Gasteiger partial charge in [0.25, 0.3) is 5.56 Å². The highest BCUT2D eigenvalue weighted by molar-refractivity contribution is 5.91. The quantitative estimate of drug-likeness (QED) is 0.348. The summed E-state index contributed by atoms with van der Waals surface area (Å²) >= 11 is 0. The van der Waals surface area contributed by atoms with E-state index < -0.39 is 5.56 Å². The standard InChI is InChI=1S/C22H28N6O5/c1-13(2)19(29)26-22-25-18-16(20(30)27-22)24-17(15-7-5-6-8-23-15)28(18)9-10-32-11-12-33-21(31)14(3)4/h5-8,13-14H,9-12H2,1-4H3,(H2,25,26,27,29,30). The zero-order chi connectivity index (χ0) is 24.0. The van der Waals surface area contributed by atoms with Crippen molar-refractivity contribution in [2.45, 2.75) is 34.2 Å². The summed E-state index contributed by atoms with van der Waals surface area (Å²) in [5.41, 5.74) is 0.516. The van der Waals surface area contributed by atoms with Gasteiger partial charge in [-0.1, -0.05) is 33.8 Å². The van der Waals surface area contributed by atoms with Gasteiger partial charge in [0.1, 0.15) is 12.3 Å². The molecule has 0 fully saturated rings. The lowest BCUT2D eigenvalue weighted by Crippen LogP contribution is -2.22. The van der Waals surface area contributed by atoms with Gasteiger partial charge in [-0.25, -0.2) is 4.98 Å². The van der Waals surface area contributed by atoms with E-state index in [1.807, 2.05) is 6.07 Å². The van der Waals surface area contributed by atoms with Crippen LogP contribution in [0.3, 0.4) is 0 Å². The number of anilines is 1. The molecule has 11 heteroatoms. The highest BCUT2D eigenvalue weighted by atomic mass is 16.6. The van der Waals surface area contributed by atoms with E-state index in [0.717, 1.165) is 0 Å². The van der Waals surface area contributed by atoms with Crippen LogP contribution < -0.4 is 10.9 Å². The summed E-state index contributed by atoms with van der Waals surface area (Å²) in [6.07, 6.45) is 1.63. The van der Waals surface area contributed by atoms with E-state index in [-0.39, 0.29) is 55.0 Å². The molecule has 0 saturated heterocycles. The number of aromatic nitrogens is 5. The highest BCUT2D eigenvalue weighted by Crippen LogP contribution is 2.21. The normalized spacial score (nSPS) is 11.3. The van der Waals surface area contributed by atoms with Crippen molar-refractivity contribution >= 4 is 29.0 Å². The molecule has 0 unspecified atom stereocenters. The molecule has 0 radical (unpaired) electrons. The Morgan fingerprint density at radius 3 is 2.55 bits per heavy atom. The molecule has 11 nitrogen and oxygen atoms in total. The number of amides is 1. The van der Waals surface area contributed by atoms with Gasteiger partial charge >= 0.3 is 5.97 Å². The van der Waals surface area contributed by atoms with E-state index in [1.165, 1.54) is 0 Å². The van der Waals surface area contributed by atoms with Crippen LogP contribution in [0.15, 0.2) is 29.2 Å². The summed E-state index contributed by atoms with van der Waals surface area (Å²) in [5.74, 6) is -0.535. The number of hydrogen-bond donors (Lipinski definition) is 2. The maximum Gasteiger partial charge on any atom is 0.308 e. The molecule has 0 saturated carbocycles. The Bertz CT molecular complexity index is 1170. The number of fused-ring (bicyclic) bond motifs is 1. The van der Waals surface area contributed by atoms with Crippen molar-refractivity contribution in [2.75, 3.05) is 25.1 Å². The molecule has 0 atom stereocenters. The zero-order valence-corrected chi connectivity index (χ0v) is 19.1. The summed E-state index contributed by atoms with van der Waals surface area (Å²) in [5, 5.41) is 2.61. The van der Waals surface area contributed by atoms with Crippen molar-refractivity contribution < 1.29 is 19.1 Å². The van der Waals surface area contributed by atoms with Crippen molar-refractivity contribution in [2.24, 2.45) is 11.8 Å². The number of carbonyl (C=O) groups excluding carboxylic acids is 2. The van der Waals surface area contributed by atoms with Gasteiger partial charge in [0.2, 0.25) is 11.9 Å². The molecule has 33 heavy (non-hydrogen) atoms. The first-order valence-electron chi connectivity index (χ1n) is 10.7. The Morgan fingerprint density at radius 1 is 1.09 bits per heavy atom. The molecule has 0 bridgehead atoms. The molecule has 1 amide bonds. The first kappa shape index (κ1) is 24.1. The van der Waals surface area contributed by atoms with Crippen molar-refractivity contribution in [1.82, 2.24) is 24.5 Å². The van der Waals surface area contributed by atoms with Gasteiger partial charge < -0.3 is 14.0 Å². The molecule has 0 aromatic carbocycles. The van der Waals surface area contributed by atoms with Crippen LogP contribution in [0.2, 0.25) is 0 Å². The fourth-order valence-electron chi connectivity index (χ4n) is 2.86. The summed E-state index contributed by atoms with van der Waals surface area (Å²) in [4.78, 5) is 52.0. The van der Waals surface area contributed by atoms with Crippen molar-refractivity contribution in [1.29, 1.82) is 0 Å². The minimum absolute atomic E-state index is 0.0430. The molecular formula is C22H28N6O5. The number of H-pyrrole nitrogens is 1. The third-order valence-corrected chi connectivity index (χ3v) is 4.67. The second-order valence-corrected chi connectivity index (χ2v) is 7.97.